The normalized spacial score (nSPS) is 11.5. The average molecular weight is 515 g/mol. The molecule has 1 aromatic heterocycles. The third kappa shape index (κ3) is 5.00. The SMILES string of the molecule is Cc1c(Cl)cccc1-n1c(SCC(=O)Nc2ccc(S(N)(=O)=O)cc2)nc2ccccc2c1=O. The summed E-state index contributed by atoms with van der Waals surface area (Å²) in [5.41, 5.74) is 1.96. The molecule has 4 aromatic rings. The van der Waals surface area contributed by atoms with Gasteiger partial charge in [-0.25, -0.2) is 18.5 Å². The van der Waals surface area contributed by atoms with Gasteiger partial charge < -0.3 is 5.32 Å². The standard InChI is InChI=1S/C23H19ClN4O4S2/c1-14-18(24)6-4-8-20(14)28-22(30)17-5-2-3-7-19(17)27-23(28)33-13-21(29)26-15-9-11-16(12-10-15)34(25,31)32/h2-12H,13H2,1H3,(H,26,29)(H2,25,31,32). The molecule has 0 saturated heterocycles. The van der Waals surface area contributed by atoms with Gasteiger partial charge in [0.1, 0.15) is 0 Å². The van der Waals surface area contributed by atoms with Crippen LogP contribution in [0.25, 0.3) is 16.6 Å². The van der Waals surface area contributed by atoms with Gasteiger partial charge in [-0.15, -0.1) is 0 Å². The van der Waals surface area contributed by atoms with Gasteiger partial charge >= 0.3 is 0 Å². The van der Waals surface area contributed by atoms with Gasteiger partial charge in [0.2, 0.25) is 15.9 Å². The number of nitrogens with two attached hydrogens (primary N) is 1. The van der Waals surface area contributed by atoms with Crippen LogP contribution in [0.15, 0.2) is 81.6 Å². The first-order valence-electron chi connectivity index (χ1n) is 9.98. The molecule has 0 atom stereocenters. The Morgan fingerprint density at radius 2 is 1.79 bits per heavy atom. The number of para-hydroxylation sites is 1. The van der Waals surface area contributed by atoms with Gasteiger partial charge in [0.15, 0.2) is 5.16 Å². The third-order valence-corrected chi connectivity index (χ3v) is 7.30. The summed E-state index contributed by atoms with van der Waals surface area (Å²) in [5.74, 6) is -0.397. The molecule has 0 saturated carbocycles. The van der Waals surface area contributed by atoms with E-state index in [0.29, 0.717) is 38.0 Å². The van der Waals surface area contributed by atoms with Crippen LogP contribution >= 0.6 is 23.4 Å². The fourth-order valence-corrected chi connectivity index (χ4v) is 4.81. The Balaban J connectivity index is 1.64. The molecule has 0 radical (unpaired) electrons. The Bertz CT molecular complexity index is 1570. The number of fused-ring (bicyclic) bond motifs is 1. The highest BCUT2D eigenvalue weighted by Gasteiger charge is 2.17. The molecule has 0 aliphatic rings. The lowest BCUT2D eigenvalue weighted by molar-refractivity contribution is -0.113. The number of thioether (sulfide) groups is 1. The molecule has 34 heavy (non-hydrogen) atoms. The number of sulfonamides is 1. The van der Waals surface area contributed by atoms with Crippen LogP contribution in [0, 0.1) is 6.92 Å². The number of anilines is 1. The molecule has 1 amide bonds. The van der Waals surface area contributed by atoms with Gasteiger partial charge in [-0.05, 0) is 61.0 Å². The second kappa shape index (κ2) is 9.59. The van der Waals surface area contributed by atoms with E-state index in [9.17, 15) is 18.0 Å². The molecule has 4 rings (SSSR count). The number of rotatable bonds is 6. The zero-order valence-corrected chi connectivity index (χ0v) is 20.2. The molecule has 0 unspecified atom stereocenters. The molecule has 0 spiro atoms. The smallest absolute Gasteiger partial charge is 0.266 e. The van der Waals surface area contributed by atoms with Crippen molar-refractivity contribution in [1.29, 1.82) is 0 Å². The summed E-state index contributed by atoms with van der Waals surface area (Å²) < 4.78 is 24.2. The quantitative estimate of drug-likeness (QED) is 0.298. The predicted octanol–water partition coefficient (Wildman–Crippen LogP) is 3.73. The van der Waals surface area contributed by atoms with E-state index in [1.165, 1.54) is 28.8 Å². The molecule has 174 valence electrons. The van der Waals surface area contributed by atoms with Crippen molar-refractivity contribution in [3.05, 3.63) is 87.7 Å². The molecule has 0 aliphatic carbocycles. The van der Waals surface area contributed by atoms with Gasteiger partial charge in [0.05, 0.1) is 27.2 Å². The van der Waals surface area contributed by atoms with E-state index in [4.69, 9.17) is 16.7 Å². The van der Waals surface area contributed by atoms with Crippen LogP contribution in [-0.4, -0.2) is 29.6 Å². The highest BCUT2D eigenvalue weighted by molar-refractivity contribution is 7.99. The second-order valence-electron chi connectivity index (χ2n) is 7.34. The van der Waals surface area contributed by atoms with Crippen molar-refractivity contribution in [2.75, 3.05) is 11.1 Å². The zero-order chi connectivity index (χ0) is 24.5. The number of hydrogen-bond donors (Lipinski definition) is 2. The average Bonchev–Trinajstić information content (AvgIpc) is 2.80. The van der Waals surface area contributed by atoms with Crippen molar-refractivity contribution in [3.8, 4) is 5.69 Å². The van der Waals surface area contributed by atoms with E-state index < -0.39 is 10.0 Å². The van der Waals surface area contributed by atoms with Gasteiger partial charge in [-0.2, -0.15) is 0 Å². The van der Waals surface area contributed by atoms with Crippen LogP contribution < -0.4 is 16.0 Å². The Kier molecular flexibility index (Phi) is 6.76. The molecule has 8 nitrogen and oxygen atoms in total. The summed E-state index contributed by atoms with van der Waals surface area (Å²) in [7, 11) is -3.82. The Morgan fingerprint density at radius 3 is 2.50 bits per heavy atom. The van der Waals surface area contributed by atoms with Crippen LogP contribution in [0.2, 0.25) is 5.02 Å². The van der Waals surface area contributed by atoms with E-state index in [0.717, 1.165) is 11.8 Å². The number of carbonyl (C=O) groups excluding carboxylic acids is 1. The van der Waals surface area contributed by atoms with Crippen LogP contribution in [0.4, 0.5) is 5.69 Å². The molecule has 3 aromatic carbocycles. The summed E-state index contributed by atoms with van der Waals surface area (Å²) in [6.45, 7) is 1.81. The summed E-state index contributed by atoms with van der Waals surface area (Å²) in [4.78, 5) is 30.5. The number of aromatic nitrogens is 2. The summed E-state index contributed by atoms with van der Waals surface area (Å²) in [6, 6.07) is 17.8. The summed E-state index contributed by atoms with van der Waals surface area (Å²) in [5, 5.41) is 9.08. The number of benzene rings is 3. The van der Waals surface area contributed by atoms with Crippen molar-refractivity contribution in [2.24, 2.45) is 5.14 Å². The van der Waals surface area contributed by atoms with Crippen molar-refractivity contribution in [1.82, 2.24) is 9.55 Å². The van der Waals surface area contributed by atoms with Crippen molar-refractivity contribution in [2.45, 2.75) is 17.0 Å². The molecule has 0 bridgehead atoms. The first-order chi connectivity index (χ1) is 16.1. The number of nitrogens with one attached hydrogen (secondary N) is 1. The highest BCUT2D eigenvalue weighted by atomic mass is 35.5. The fourth-order valence-electron chi connectivity index (χ4n) is 3.32. The van der Waals surface area contributed by atoms with E-state index in [1.54, 1.807) is 42.5 Å². The molecule has 0 fully saturated rings. The van der Waals surface area contributed by atoms with Crippen molar-refractivity contribution in [3.63, 3.8) is 0 Å². The number of primary sulfonamides is 1. The van der Waals surface area contributed by atoms with Crippen LogP contribution in [0.5, 0.6) is 0 Å². The van der Waals surface area contributed by atoms with Gasteiger partial charge in [0, 0.05) is 10.7 Å². The molecule has 3 N–H and O–H groups in total. The number of halogens is 1. The third-order valence-electron chi connectivity index (χ3n) is 5.02. The fraction of sp³-hybridized carbons (Fsp3) is 0.0870. The largest absolute Gasteiger partial charge is 0.325 e. The lowest BCUT2D eigenvalue weighted by Gasteiger charge is -2.15. The lowest BCUT2D eigenvalue weighted by Crippen LogP contribution is -2.23. The summed E-state index contributed by atoms with van der Waals surface area (Å²) in [6.07, 6.45) is 0. The second-order valence-corrected chi connectivity index (χ2v) is 10.3. The Labute approximate surface area is 204 Å². The molecular weight excluding hydrogens is 496 g/mol. The van der Waals surface area contributed by atoms with E-state index >= 15 is 0 Å². The minimum atomic E-state index is -3.82. The topological polar surface area (TPSA) is 124 Å². The van der Waals surface area contributed by atoms with E-state index in [2.05, 4.69) is 10.3 Å². The van der Waals surface area contributed by atoms with E-state index in [-0.39, 0.29) is 22.1 Å². The van der Waals surface area contributed by atoms with Crippen LogP contribution in [0.1, 0.15) is 5.56 Å². The minimum absolute atomic E-state index is 0.0403. The summed E-state index contributed by atoms with van der Waals surface area (Å²) >= 11 is 7.39. The van der Waals surface area contributed by atoms with Crippen molar-refractivity contribution < 1.29 is 13.2 Å². The van der Waals surface area contributed by atoms with Crippen LogP contribution in [-0.2, 0) is 14.8 Å². The molecular formula is C23H19ClN4O4S2. The highest BCUT2D eigenvalue weighted by Crippen LogP contribution is 2.26. The van der Waals surface area contributed by atoms with E-state index in [1.807, 2.05) is 6.92 Å². The first-order valence-corrected chi connectivity index (χ1v) is 12.9. The van der Waals surface area contributed by atoms with Gasteiger partial charge in [0.25, 0.3) is 5.56 Å². The van der Waals surface area contributed by atoms with Crippen LogP contribution in [0.3, 0.4) is 0 Å². The number of carbonyl (C=O) groups is 1. The molecule has 11 heteroatoms. The minimum Gasteiger partial charge on any atom is -0.325 e. The predicted molar refractivity (Wildman–Crippen MR) is 134 cm³/mol. The number of nitrogens with zero attached hydrogens (tertiary/aromatic N) is 2. The number of amides is 1. The lowest BCUT2D eigenvalue weighted by atomic mass is 10.2. The Hall–Kier alpha value is -3.18. The zero-order valence-electron chi connectivity index (χ0n) is 17.9. The maximum Gasteiger partial charge on any atom is 0.266 e. The monoisotopic (exact) mass is 514 g/mol. The molecule has 0 aliphatic heterocycles. The maximum atomic E-state index is 13.4. The van der Waals surface area contributed by atoms with Gasteiger partial charge in [-0.1, -0.05) is 41.6 Å². The van der Waals surface area contributed by atoms with Gasteiger partial charge in [-0.3, -0.25) is 14.2 Å². The molecule has 1 heterocycles. The van der Waals surface area contributed by atoms with Crippen molar-refractivity contribution >= 4 is 55.9 Å². The Morgan fingerprint density at radius 1 is 1.09 bits per heavy atom. The number of hydrogen-bond acceptors (Lipinski definition) is 6. The first kappa shape index (κ1) is 24.0. The maximum absolute atomic E-state index is 13.4.